The van der Waals surface area contributed by atoms with Crippen LogP contribution in [0.25, 0.3) is 22.2 Å². The van der Waals surface area contributed by atoms with E-state index in [0.29, 0.717) is 19.1 Å². The average molecular weight is 637 g/mol. The van der Waals surface area contributed by atoms with Gasteiger partial charge in [-0.25, -0.2) is 14.6 Å². The maximum absolute atomic E-state index is 6.76. The first-order valence-electron chi connectivity index (χ1n) is 16.9. The summed E-state index contributed by atoms with van der Waals surface area (Å²) in [4.78, 5) is 14.4. The number of rotatable bonds is 8. The zero-order valence-electron chi connectivity index (χ0n) is 27.3. The number of anilines is 1. The SMILES string of the molecule is CN1CCN(c2cc(-c3nn(C(c4ccccc4)(c4ccccc4)c4ccccc4)c4ccnc(OC5CCOCC5)c34)ccn2)CC1. The van der Waals surface area contributed by atoms with Crippen LogP contribution in [0.3, 0.4) is 0 Å². The molecule has 6 aromatic rings. The van der Waals surface area contributed by atoms with Gasteiger partial charge in [0, 0.05) is 57.0 Å². The van der Waals surface area contributed by atoms with E-state index in [-0.39, 0.29) is 6.10 Å². The van der Waals surface area contributed by atoms with Gasteiger partial charge >= 0.3 is 0 Å². The second kappa shape index (κ2) is 13.2. The number of likely N-dealkylation sites (N-methyl/N-ethyl adjacent to an activating group) is 1. The Morgan fingerprint density at radius 3 is 1.90 bits per heavy atom. The summed E-state index contributed by atoms with van der Waals surface area (Å²) in [5.74, 6) is 1.56. The van der Waals surface area contributed by atoms with Crippen molar-refractivity contribution >= 4 is 16.7 Å². The standard InChI is InChI=1S/C40H40N6O2/c1-44-23-25-45(26-24-44)36-29-30(17-21-41-36)38-37-35(18-22-42-39(37)48-34-19-27-47-28-20-34)46(43-38)40(31-11-5-2-6-12-31,32-13-7-3-8-14-32)33-15-9-4-10-16-33/h2-18,21-22,29,34H,19-20,23-28H2,1H3. The fourth-order valence-electron chi connectivity index (χ4n) is 7.21. The van der Waals surface area contributed by atoms with Crippen LogP contribution in [0.15, 0.2) is 122 Å². The van der Waals surface area contributed by atoms with Gasteiger partial charge < -0.3 is 19.3 Å². The molecule has 3 aromatic heterocycles. The lowest BCUT2D eigenvalue weighted by atomic mass is 9.77. The molecule has 0 unspecified atom stereocenters. The van der Waals surface area contributed by atoms with E-state index in [1.54, 1.807) is 0 Å². The summed E-state index contributed by atoms with van der Waals surface area (Å²) in [6, 6.07) is 38.4. The smallest absolute Gasteiger partial charge is 0.225 e. The van der Waals surface area contributed by atoms with Crippen LogP contribution in [0.5, 0.6) is 5.88 Å². The van der Waals surface area contributed by atoms with E-state index in [0.717, 1.165) is 83.7 Å². The number of ether oxygens (including phenoxy) is 2. The minimum absolute atomic E-state index is 0.0218. The van der Waals surface area contributed by atoms with E-state index in [9.17, 15) is 0 Å². The molecule has 0 saturated carbocycles. The van der Waals surface area contributed by atoms with Gasteiger partial charge in [-0.2, -0.15) is 5.10 Å². The largest absolute Gasteiger partial charge is 0.474 e. The Morgan fingerprint density at radius 1 is 0.708 bits per heavy atom. The Labute approximate surface area is 281 Å². The van der Waals surface area contributed by atoms with Crippen LogP contribution < -0.4 is 9.64 Å². The molecule has 48 heavy (non-hydrogen) atoms. The van der Waals surface area contributed by atoms with Crippen molar-refractivity contribution in [1.82, 2.24) is 24.6 Å². The number of nitrogens with zero attached hydrogens (tertiary/aromatic N) is 6. The topological polar surface area (TPSA) is 68.5 Å². The van der Waals surface area contributed by atoms with Gasteiger partial charge in [0.25, 0.3) is 0 Å². The fraction of sp³-hybridized carbons (Fsp3) is 0.275. The van der Waals surface area contributed by atoms with E-state index >= 15 is 0 Å². The molecule has 5 heterocycles. The summed E-state index contributed by atoms with van der Waals surface area (Å²) in [5.41, 5.74) is 5.27. The van der Waals surface area contributed by atoms with Gasteiger partial charge in [0.15, 0.2) is 0 Å². The Kier molecular flexibility index (Phi) is 8.34. The van der Waals surface area contributed by atoms with Crippen LogP contribution in [0, 0.1) is 0 Å². The molecule has 0 bridgehead atoms. The first-order valence-corrected chi connectivity index (χ1v) is 16.9. The average Bonchev–Trinajstić information content (AvgIpc) is 3.55. The highest BCUT2D eigenvalue weighted by Crippen LogP contribution is 2.45. The highest BCUT2D eigenvalue weighted by Gasteiger charge is 2.41. The molecule has 0 N–H and O–H groups in total. The van der Waals surface area contributed by atoms with E-state index in [1.807, 2.05) is 12.4 Å². The Bertz CT molecular complexity index is 1870. The molecule has 8 nitrogen and oxygen atoms in total. The van der Waals surface area contributed by atoms with Gasteiger partial charge in [-0.05, 0) is 41.9 Å². The van der Waals surface area contributed by atoms with Gasteiger partial charge in [-0.3, -0.25) is 0 Å². The number of benzene rings is 3. The quantitative estimate of drug-likeness (QED) is 0.174. The first-order chi connectivity index (χ1) is 23.7. The van der Waals surface area contributed by atoms with Crippen molar-refractivity contribution in [1.29, 1.82) is 0 Å². The molecule has 8 rings (SSSR count). The molecule has 2 aliphatic rings. The molecular formula is C40H40N6O2. The van der Waals surface area contributed by atoms with Crippen LogP contribution >= 0.6 is 0 Å². The molecule has 0 radical (unpaired) electrons. The number of hydrogen-bond acceptors (Lipinski definition) is 7. The maximum atomic E-state index is 6.76. The van der Waals surface area contributed by atoms with Crippen LogP contribution in [-0.2, 0) is 10.3 Å². The Morgan fingerprint density at radius 2 is 1.29 bits per heavy atom. The Balaban J connectivity index is 1.41. The third kappa shape index (κ3) is 5.51. The third-order valence-corrected chi connectivity index (χ3v) is 9.74. The van der Waals surface area contributed by atoms with Crippen molar-refractivity contribution in [3.63, 3.8) is 0 Å². The monoisotopic (exact) mass is 636 g/mol. The zero-order valence-corrected chi connectivity index (χ0v) is 27.3. The van der Waals surface area contributed by atoms with Crippen LogP contribution in [0.1, 0.15) is 29.5 Å². The molecule has 2 aliphatic heterocycles. The van der Waals surface area contributed by atoms with Gasteiger partial charge in [-0.1, -0.05) is 91.0 Å². The third-order valence-electron chi connectivity index (χ3n) is 9.74. The number of aromatic nitrogens is 4. The van der Waals surface area contributed by atoms with Crippen molar-refractivity contribution in [3.8, 4) is 17.1 Å². The second-order valence-electron chi connectivity index (χ2n) is 12.7. The van der Waals surface area contributed by atoms with Crippen LogP contribution in [0.2, 0.25) is 0 Å². The van der Waals surface area contributed by atoms with Crippen molar-refractivity contribution in [2.75, 3.05) is 51.3 Å². The molecule has 0 spiro atoms. The molecule has 2 fully saturated rings. The van der Waals surface area contributed by atoms with E-state index in [4.69, 9.17) is 24.5 Å². The molecular weight excluding hydrogens is 596 g/mol. The number of piperazine rings is 1. The molecule has 3 aromatic carbocycles. The predicted molar refractivity (Wildman–Crippen MR) is 190 cm³/mol. The van der Waals surface area contributed by atoms with Gasteiger partial charge in [-0.15, -0.1) is 0 Å². The molecule has 0 amide bonds. The lowest BCUT2D eigenvalue weighted by Crippen LogP contribution is -2.44. The summed E-state index contributed by atoms with van der Waals surface area (Å²) in [6.45, 7) is 5.24. The van der Waals surface area contributed by atoms with E-state index in [1.165, 1.54) is 0 Å². The van der Waals surface area contributed by atoms with Crippen molar-refractivity contribution in [2.24, 2.45) is 0 Å². The highest BCUT2D eigenvalue weighted by molar-refractivity contribution is 5.98. The van der Waals surface area contributed by atoms with Gasteiger partial charge in [0.1, 0.15) is 23.2 Å². The van der Waals surface area contributed by atoms with Gasteiger partial charge in [0.2, 0.25) is 5.88 Å². The highest BCUT2D eigenvalue weighted by atomic mass is 16.5. The van der Waals surface area contributed by atoms with Crippen LogP contribution in [-0.4, -0.2) is 77.2 Å². The minimum atomic E-state index is -0.801. The summed E-state index contributed by atoms with van der Waals surface area (Å²) in [6.07, 6.45) is 5.43. The van der Waals surface area contributed by atoms with Crippen molar-refractivity contribution in [2.45, 2.75) is 24.5 Å². The van der Waals surface area contributed by atoms with Crippen LogP contribution in [0.4, 0.5) is 5.82 Å². The summed E-state index contributed by atoms with van der Waals surface area (Å²) in [7, 11) is 2.17. The molecule has 0 aliphatic carbocycles. The lowest BCUT2D eigenvalue weighted by molar-refractivity contribution is 0.0244. The van der Waals surface area contributed by atoms with E-state index in [2.05, 4.69) is 131 Å². The van der Waals surface area contributed by atoms with Crippen molar-refractivity contribution in [3.05, 3.63) is 138 Å². The summed E-state index contributed by atoms with van der Waals surface area (Å²) < 4.78 is 14.6. The molecule has 8 heteroatoms. The normalized spacial score (nSPS) is 16.3. The lowest BCUT2D eigenvalue weighted by Gasteiger charge is -2.37. The number of hydrogen-bond donors (Lipinski definition) is 0. The minimum Gasteiger partial charge on any atom is -0.474 e. The zero-order chi connectivity index (χ0) is 32.3. The Hall–Kier alpha value is -5.05. The first kappa shape index (κ1) is 30.3. The van der Waals surface area contributed by atoms with Crippen molar-refractivity contribution < 1.29 is 9.47 Å². The molecule has 242 valence electrons. The number of fused-ring (bicyclic) bond motifs is 1. The summed E-state index contributed by atoms with van der Waals surface area (Å²) in [5, 5.41) is 6.53. The maximum Gasteiger partial charge on any atom is 0.225 e. The summed E-state index contributed by atoms with van der Waals surface area (Å²) >= 11 is 0. The fourth-order valence-corrected chi connectivity index (χ4v) is 7.21. The predicted octanol–water partition coefficient (Wildman–Crippen LogP) is 6.64. The molecule has 2 saturated heterocycles. The van der Waals surface area contributed by atoms with E-state index < -0.39 is 5.54 Å². The second-order valence-corrected chi connectivity index (χ2v) is 12.7. The number of pyridine rings is 2. The van der Waals surface area contributed by atoms with Gasteiger partial charge in [0.05, 0.1) is 24.1 Å². The molecule has 0 atom stereocenters.